The van der Waals surface area contributed by atoms with Crippen molar-refractivity contribution in [2.24, 2.45) is 0 Å². The van der Waals surface area contributed by atoms with E-state index in [2.05, 4.69) is 10.3 Å². The third-order valence-corrected chi connectivity index (χ3v) is 6.67. The van der Waals surface area contributed by atoms with E-state index in [1.54, 1.807) is 43.0 Å². The molecule has 0 aromatic carbocycles. The molecular weight excluding hydrogens is 372 g/mol. The predicted molar refractivity (Wildman–Crippen MR) is 94.6 cm³/mol. The Kier molecular flexibility index (Phi) is 4.62. The fourth-order valence-electron chi connectivity index (χ4n) is 3.20. The minimum Gasteiger partial charge on any atom is -0.461 e. The van der Waals surface area contributed by atoms with Crippen LogP contribution < -0.4 is 0 Å². The molecule has 27 heavy (non-hydrogen) atoms. The first-order valence-electron chi connectivity index (χ1n) is 8.58. The molecule has 1 aliphatic rings. The maximum Gasteiger partial charge on any atom is 0.246 e. The monoisotopic (exact) mass is 392 g/mol. The van der Waals surface area contributed by atoms with Gasteiger partial charge in [-0.15, -0.1) is 0 Å². The Labute approximate surface area is 156 Å². The predicted octanol–water partition coefficient (Wildman–Crippen LogP) is 1.82. The van der Waals surface area contributed by atoms with E-state index >= 15 is 0 Å². The van der Waals surface area contributed by atoms with Gasteiger partial charge in [-0.2, -0.15) is 9.40 Å². The summed E-state index contributed by atoms with van der Waals surface area (Å²) in [5, 5.41) is 8.44. The Morgan fingerprint density at radius 3 is 2.67 bits per heavy atom. The molecular formula is C17H20N4O5S. The molecule has 0 aliphatic carbocycles. The minimum absolute atomic E-state index is 0.249. The largest absolute Gasteiger partial charge is 0.461 e. The Bertz CT molecular complexity index is 1030. The maximum atomic E-state index is 13.0. The van der Waals surface area contributed by atoms with E-state index in [4.69, 9.17) is 13.7 Å². The zero-order valence-electron chi connectivity index (χ0n) is 15.1. The summed E-state index contributed by atoms with van der Waals surface area (Å²) in [6, 6.07) is 5.30. The van der Waals surface area contributed by atoms with E-state index in [9.17, 15) is 8.42 Å². The molecule has 1 fully saturated rings. The van der Waals surface area contributed by atoms with E-state index in [0.717, 1.165) is 0 Å². The fraction of sp³-hybridized carbons (Fsp3) is 0.412. The molecule has 4 rings (SSSR count). The number of aryl methyl sites for hydroxylation is 1. The molecule has 0 saturated carbocycles. The van der Waals surface area contributed by atoms with Gasteiger partial charge in [0.2, 0.25) is 15.8 Å². The Hall–Kier alpha value is -2.43. The van der Waals surface area contributed by atoms with Crippen molar-refractivity contribution in [2.45, 2.75) is 25.3 Å². The molecule has 9 nitrogen and oxygen atoms in total. The van der Waals surface area contributed by atoms with Crippen LogP contribution in [0.1, 0.15) is 17.1 Å². The van der Waals surface area contributed by atoms with Gasteiger partial charge in [-0.05, 0) is 26.0 Å². The molecule has 0 amide bonds. The summed E-state index contributed by atoms with van der Waals surface area (Å²) in [5.41, 5.74) is 1.66. The van der Waals surface area contributed by atoms with Crippen LogP contribution >= 0.6 is 0 Å². The number of hydrogen-bond donors (Lipinski definition) is 0. The Balaban J connectivity index is 1.61. The zero-order chi connectivity index (χ0) is 19.0. The number of morpholine rings is 1. The highest BCUT2D eigenvalue weighted by Gasteiger charge is 2.32. The molecule has 3 aromatic rings. The number of rotatable bonds is 5. The first-order chi connectivity index (χ1) is 13.0. The van der Waals surface area contributed by atoms with E-state index in [-0.39, 0.29) is 4.90 Å². The molecule has 0 N–H and O–H groups in total. The maximum absolute atomic E-state index is 13.0. The summed E-state index contributed by atoms with van der Waals surface area (Å²) >= 11 is 0. The minimum atomic E-state index is -3.61. The number of nitrogens with zero attached hydrogens (tertiary/aromatic N) is 4. The first kappa shape index (κ1) is 18.0. The van der Waals surface area contributed by atoms with Crippen LogP contribution in [0.25, 0.3) is 11.5 Å². The van der Waals surface area contributed by atoms with Crippen molar-refractivity contribution in [3.8, 4) is 11.5 Å². The van der Waals surface area contributed by atoms with Crippen molar-refractivity contribution >= 4 is 10.0 Å². The molecule has 4 heterocycles. The van der Waals surface area contributed by atoms with E-state index in [1.807, 2.05) is 0 Å². The summed E-state index contributed by atoms with van der Waals surface area (Å²) in [5.74, 6) is 1.09. The summed E-state index contributed by atoms with van der Waals surface area (Å²) in [6.07, 6.45) is 1.56. The second kappa shape index (κ2) is 6.95. The molecule has 3 aromatic heterocycles. The number of aromatic nitrogens is 3. The van der Waals surface area contributed by atoms with Gasteiger partial charge < -0.3 is 13.7 Å². The first-order valence-corrected chi connectivity index (χ1v) is 10.0. The van der Waals surface area contributed by atoms with E-state index in [0.29, 0.717) is 61.5 Å². The lowest BCUT2D eigenvalue weighted by atomic mass is 10.3. The van der Waals surface area contributed by atoms with Crippen molar-refractivity contribution in [1.82, 2.24) is 19.2 Å². The smallest absolute Gasteiger partial charge is 0.246 e. The standard InChI is InChI=1S/C17H20N4O5S/c1-12-17(27(22,23)20-5-8-24-9-6-20)13(2)21(18-12)11-14-10-16(26-19-14)15-4-3-7-25-15/h3-4,7,10H,5-6,8-9,11H2,1-2H3. The summed E-state index contributed by atoms with van der Waals surface area (Å²) in [6.45, 7) is 5.26. The lowest BCUT2D eigenvalue weighted by Crippen LogP contribution is -2.41. The summed E-state index contributed by atoms with van der Waals surface area (Å²) in [4.78, 5) is 0.249. The van der Waals surface area contributed by atoms with Crippen molar-refractivity contribution in [3.63, 3.8) is 0 Å². The molecule has 0 radical (unpaired) electrons. The van der Waals surface area contributed by atoms with Crippen molar-refractivity contribution in [3.05, 3.63) is 41.5 Å². The highest BCUT2D eigenvalue weighted by atomic mass is 32.2. The Morgan fingerprint density at radius 2 is 1.96 bits per heavy atom. The third-order valence-electron chi connectivity index (χ3n) is 4.52. The molecule has 10 heteroatoms. The normalized spacial score (nSPS) is 16.1. The van der Waals surface area contributed by atoms with Crippen LogP contribution in [0.4, 0.5) is 0 Å². The lowest BCUT2D eigenvalue weighted by molar-refractivity contribution is 0.0730. The van der Waals surface area contributed by atoms with Crippen LogP contribution in [0.2, 0.25) is 0 Å². The van der Waals surface area contributed by atoms with Gasteiger partial charge in [0.1, 0.15) is 10.6 Å². The van der Waals surface area contributed by atoms with Crippen LogP contribution in [0.5, 0.6) is 0 Å². The summed E-state index contributed by atoms with van der Waals surface area (Å²) < 4.78 is 45.0. The molecule has 0 spiro atoms. The number of ether oxygens (including phenoxy) is 1. The van der Waals surface area contributed by atoms with Crippen LogP contribution in [-0.2, 0) is 21.3 Å². The SMILES string of the molecule is Cc1nn(Cc2cc(-c3ccco3)on2)c(C)c1S(=O)(=O)N1CCOCC1. The second-order valence-electron chi connectivity index (χ2n) is 6.33. The average molecular weight is 392 g/mol. The van der Waals surface area contributed by atoms with Crippen LogP contribution in [0.3, 0.4) is 0 Å². The lowest BCUT2D eigenvalue weighted by Gasteiger charge is -2.26. The molecule has 0 unspecified atom stereocenters. The van der Waals surface area contributed by atoms with Crippen LogP contribution in [0, 0.1) is 13.8 Å². The molecule has 1 saturated heterocycles. The highest BCUT2D eigenvalue weighted by molar-refractivity contribution is 7.89. The fourth-order valence-corrected chi connectivity index (χ4v) is 4.98. The van der Waals surface area contributed by atoms with Gasteiger partial charge in [0.25, 0.3) is 0 Å². The van der Waals surface area contributed by atoms with Gasteiger partial charge in [-0.1, -0.05) is 5.16 Å². The average Bonchev–Trinajstić information content (AvgIpc) is 3.37. The number of sulfonamides is 1. The van der Waals surface area contributed by atoms with E-state index in [1.165, 1.54) is 4.31 Å². The quantitative estimate of drug-likeness (QED) is 0.652. The van der Waals surface area contributed by atoms with Crippen molar-refractivity contribution in [2.75, 3.05) is 26.3 Å². The van der Waals surface area contributed by atoms with Crippen molar-refractivity contribution in [1.29, 1.82) is 0 Å². The molecule has 144 valence electrons. The summed E-state index contributed by atoms with van der Waals surface area (Å²) in [7, 11) is -3.61. The van der Waals surface area contributed by atoms with Gasteiger partial charge in [0.05, 0.1) is 37.4 Å². The highest BCUT2D eigenvalue weighted by Crippen LogP contribution is 2.26. The van der Waals surface area contributed by atoms with Crippen LogP contribution in [-0.4, -0.2) is 54.0 Å². The topological polar surface area (TPSA) is 104 Å². The molecule has 0 atom stereocenters. The zero-order valence-corrected chi connectivity index (χ0v) is 15.9. The molecule has 1 aliphatic heterocycles. The van der Waals surface area contributed by atoms with Gasteiger partial charge in [0, 0.05) is 19.2 Å². The molecule has 0 bridgehead atoms. The van der Waals surface area contributed by atoms with Gasteiger partial charge in [-0.25, -0.2) is 8.42 Å². The van der Waals surface area contributed by atoms with Gasteiger partial charge >= 0.3 is 0 Å². The number of furan rings is 1. The van der Waals surface area contributed by atoms with E-state index < -0.39 is 10.0 Å². The second-order valence-corrected chi connectivity index (χ2v) is 8.21. The Morgan fingerprint density at radius 1 is 1.19 bits per heavy atom. The van der Waals surface area contributed by atoms with Gasteiger partial charge in [0.15, 0.2) is 5.76 Å². The number of hydrogen-bond acceptors (Lipinski definition) is 7. The third kappa shape index (κ3) is 3.31. The van der Waals surface area contributed by atoms with Crippen molar-refractivity contribution < 1.29 is 22.1 Å². The van der Waals surface area contributed by atoms with Crippen LogP contribution in [0.15, 0.2) is 38.3 Å². The van der Waals surface area contributed by atoms with Gasteiger partial charge in [-0.3, -0.25) is 4.68 Å².